The van der Waals surface area contributed by atoms with Crippen LogP contribution in [0.3, 0.4) is 0 Å². The summed E-state index contributed by atoms with van der Waals surface area (Å²) in [6.07, 6.45) is 3.46. The zero-order valence-corrected chi connectivity index (χ0v) is 11.6. The second kappa shape index (κ2) is 4.97. The molecule has 0 radical (unpaired) electrons. The zero-order chi connectivity index (χ0) is 14.1. The summed E-state index contributed by atoms with van der Waals surface area (Å²) in [4.78, 5) is 23.6. The lowest BCUT2D eigenvalue weighted by Gasteiger charge is -2.07. The van der Waals surface area contributed by atoms with Crippen molar-refractivity contribution in [2.24, 2.45) is 0 Å². The first-order chi connectivity index (χ1) is 9.63. The molecule has 0 aliphatic heterocycles. The number of hydrogen-bond donors (Lipinski definition) is 2. The molecule has 0 saturated heterocycles. The first kappa shape index (κ1) is 12.7. The van der Waals surface area contributed by atoms with E-state index in [2.05, 4.69) is 15.0 Å². The smallest absolute Gasteiger partial charge is 0.251 e. The molecule has 0 unspecified atom stereocenters. The van der Waals surface area contributed by atoms with Crippen molar-refractivity contribution in [2.75, 3.05) is 5.73 Å². The Balaban J connectivity index is 2.11. The van der Waals surface area contributed by atoms with Gasteiger partial charge in [0.2, 0.25) is 0 Å². The number of fused-ring (bicyclic) bond motifs is 1. The predicted molar refractivity (Wildman–Crippen MR) is 79.9 cm³/mol. The molecule has 0 spiro atoms. The minimum absolute atomic E-state index is 0.151. The average Bonchev–Trinajstić information content (AvgIpc) is 2.41. The fourth-order valence-electron chi connectivity index (χ4n) is 1.98. The molecule has 3 aromatic rings. The van der Waals surface area contributed by atoms with Crippen LogP contribution in [-0.2, 0) is 0 Å². The largest absolute Gasteiger partial charge is 0.398 e. The number of H-pyrrole nitrogens is 1. The highest BCUT2D eigenvalue weighted by atomic mass is 32.2. The normalized spacial score (nSPS) is 10.8. The summed E-state index contributed by atoms with van der Waals surface area (Å²) in [5, 5.41) is 2.46. The Morgan fingerprint density at radius 1 is 1.25 bits per heavy atom. The highest BCUT2D eigenvalue weighted by Gasteiger charge is 2.07. The number of nitrogen functional groups attached to an aromatic ring is 1. The molecule has 2 aromatic heterocycles. The van der Waals surface area contributed by atoms with E-state index in [0.717, 1.165) is 15.7 Å². The van der Waals surface area contributed by atoms with Crippen LogP contribution in [0, 0.1) is 6.92 Å². The molecule has 2 heterocycles. The second-order valence-corrected chi connectivity index (χ2v) is 5.40. The van der Waals surface area contributed by atoms with E-state index in [1.165, 1.54) is 17.8 Å². The van der Waals surface area contributed by atoms with Crippen LogP contribution in [-0.4, -0.2) is 15.0 Å². The Labute approximate surface area is 119 Å². The van der Waals surface area contributed by atoms with E-state index in [0.29, 0.717) is 16.5 Å². The summed E-state index contributed by atoms with van der Waals surface area (Å²) in [6, 6.07) is 7.13. The van der Waals surface area contributed by atoms with E-state index in [-0.39, 0.29) is 5.56 Å². The number of pyridine rings is 1. The lowest BCUT2D eigenvalue weighted by molar-refractivity contribution is 0.906. The zero-order valence-electron chi connectivity index (χ0n) is 10.8. The Hall–Kier alpha value is -2.34. The SMILES string of the molecule is Cc1cc(=O)[nH]c(Sc2ccc(N)c3cnccc23)n1. The Morgan fingerprint density at radius 3 is 2.90 bits per heavy atom. The molecule has 6 heteroatoms. The molecule has 0 amide bonds. The maximum Gasteiger partial charge on any atom is 0.251 e. The number of nitrogens with two attached hydrogens (primary N) is 1. The van der Waals surface area contributed by atoms with Gasteiger partial charge in [-0.1, -0.05) is 11.8 Å². The molecule has 100 valence electrons. The van der Waals surface area contributed by atoms with E-state index in [1.54, 1.807) is 19.3 Å². The van der Waals surface area contributed by atoms with Crippen LogP contribution in [0.25, 0.3) is 10.8 Å². The van der Waals surface area contributed by atoms with Crippen molar-refractivity contribution < 1.29 is 0 Å². The molecule has 3 N–H and O–H groups in total. The van der Waals surface area contributed by atoms with Crippen LogP contribution in [0.1, 0.15) is 5.69 Å². The van der Waals surface area contributed by atoms with E-state index in [1.807, 2.05) is 18.2 Å². The van der Waals surface area contributed by atoms with Crippen LogP contribution in [0.15, 0.2) is 51.5 Å². The summed E-state index contributed by atoms with van der Waals surface area (Å²) < 4.78 is 0. The van der Waals surface area contributed by atoms with Crippen molar-refractivity contribution in [1.29, 1.82) is 0 Å². The van der Waals surface area contributed by atoms with Crippen LogP contribution in [0.2, 0.25) is 0 Å². The summed E-state index contributed by atoms with van der Waals surface area (Å²) in [6.45, 7) is 1.80. The number of hydrogen-bond acceptors (Lipinski definition) is 5. The molecule has 0 aliphatic carbocycles. The second-order valence-electron chi connectivity index (χ2n) is 4.37. The highest BCUT2D eigenvalue weighted by Crippen LogP contribution is 2.33. The van der Waals surface area contributed by atoms with Crippen molar-refractivity contribution in [1.82, 2.24) is 15.0 Å². The van der Waals surface area contributed by atoms with Crippen LogP contribution in [0.5, 0.6) is 0 Å². The first-order valence-electron chi connectivity index (χ1n) is 6.01. The first-order valence-corrected chi connectivity index (χ1v) is 6.83. The van der Waals surface area contributed by atoms with E-state index in [4.69, 9.17) is 5.73 Å². The van der Waals surface area contributed by atoms with Gasteiger partial charge in [0.05, 0.1) is 0 Å². The molecular formula is C14H12N4OS. The maximum atomic E-state index is 11.5. The van der Waals surface area contributed by atoms with Crippen LogP contribution in [0.4, 0.5) is 5.69 Å². The maximum absolute atomic E-state index is 11.5. The monoisotopic (exact) mass is 284 g/mol. The van der Waals surface area contributed by atoms with Gasteiger partial charge < -0.3 is 10.7 Å². The number of nitrogens with one attached hydrogen (secondary N) is 1. The van der Waals surface area contributed by atoms with E-state index < -0.39 is 0 Å². The molecular weight excluding hydrogens is 272 g/mol. The van der Waals surface area contributed by atoms with Crippen molar-refractivity contribution >= 4 is 28.2 Å². The average molecular weight is 284 g/mol. The van der Waals surface area contributed by atoms with Gasteiger partial charge in [-0.05, 0) is 25.1 Å². The van der Waals surface area contributed by atoms with Crippen molar-refractivity contribution in [3.8, 4) is 0 Å². The van der Waals surface area contributed by atoms with Gasteiger partial charge in [0, 0.05) is 45.5 Å². The van der Waals surface area contributed by atoms with Crippen LogP contribution >= 0.6 is 11.8 Å². The summed E-state index contributed by atoms with van der Waals surface area (Å²) in [5.74, 6) is 0. The molecule has 5 nitrogen and oxygen atoms in total. The number of benzene rings is 1. The number of rotatable bonds is 2. The standard InChI is InChI=1S/C14H12N4OS/c1-8-6-13(19)18-14(17-8)20-12-3-2-11(15)10-7-16-5-4-9(10)12/h2-7H,15H2,1H3,(H,17,18,19). The van der Waals surface area contributed by atoms with Crippen molar-refractivity contribution in [3.05, 3.63) is 52.7 Å². The summed E-state index contributed by atoms with van der Waals surface area (Å²) in [5.41, 5.74) is 7.17. The number of aromatic nitrogens is 3. The van der Waals surface area contributed by atoms with Gasteiger partial charge in [-0.15, -0.1) is 0 Å². The van der Waals surface area contributed by atoms with Gasteiger partial charge in [-0.25, -0.2) is 4.98 Å². The third-order valence-electron chi connectivity index (χ3n) is 2.87. The molecule has 0 fully saturated rings. The summed E-state index contributed by atoms with van der Waals surface area (Å²) >= 11 is 1.40. The van der Waals surface area contributed by atoms with E-state index in [9.17, 15) is 4.79 Å². The Kier molecular flexibility index (Phi) is 3.15. The molecule has 3 rings (SSSR count). The van der Waals surface area contributed by atoms with Crippen molar-refractivity contribution in [3.63, 3.8) is 0 Å². The molecule has 0 atom stereocenters. The minimum atomic E-state index is -0.151. The fourth-order valence-corrected chi connectivity index (χ4v) is 2.95. The number of nitrogens with zero attached hydrogens (tertiary/aromatic N) is 2. The number of aromatic amines is 1. The van der Waals surface area contributed by atoms with Crippen molar-refractivity contribution in [2.45, 2.75) is 17.0 Å². The topological polar surface area (TPSA) is 84.7 Å². The minimum Gasteiger partial charge on any atom is -0.398 e. The number of anilines is 1. The Morgan fingerprint density at radius 2 is 2.10 bits per heavy atom. The predicted octanol–water partition coefficient (Wildman–Crippen LogP) is 2.36. The molecule has 20 heavy (non-hydrogen) atoms. The quantitative estimate of drug-likeness (QED) is 0.557. The summed E-state index contributed by atoms with van der Waals surface area (Å²) in [7, 11) is 0. The molecule has 0 bridgehead atoms. The Bertz CT molecular complexity index is 844. The highest BCUT2D eigenvalue weighted by molar-refractivity contribution is 7.99. The van der Waals surface area contributed by atoms with Gasteiger partial charge in [0.15, 0.2) is 5.16 Å². The van der Waals surface area contributed by atoms with Crippen LogP contribution < -0.4 is 11.3 Å². The van der Waals surface area contributed by atoms with E-state index >= 15 is 0 Å². The van der Waals surface area contributed by atoms with Gasteiger partial charge in [0.1, 0.15) is 0 Å². The van der Waals surface area contributed by atoms with Gasteiger partial charge in [0.25, 0.3) is 5.56 Å². The fraction of sp³-hybridized carbons (Fsp3) is 0.0714. The molecule has 0 aliphatic rings. The number of aryl methyl sites for hydroxylation is 1. The lowest BCUT2D eigenvalue weighted by Crippen LogP contribution is -2.07. The van der Waals surface area contributed by atoms with Gasteiger partial charge >= 0.3 is 0 Å². The van der Waals surface area contributed by atoms with Gasteiger partial charge in [-0.2, -0.15) is 0 Å². The third-order valence-corrected chi connectivity index (χ3v) is 3.83. The molecule has 0 saturated carbocycles. The molecule has 1 aromatic carbocycles. The van der Waals surface area contributed by atoms with Gasteiger partial charge in [-0.3, -0.25) is 9.78 Å². The third kappa shape index (κ3) is 2.37. The lowest BCUT2D eigenvalue weighted by atomic mass is 10.1.